The number of hydrogen-bond donors (Lipinski definition) is 2. The predicted molar refractivity (Wildman–Crippen MR) is 90.9 cm³/mol. The van der Waals surface area contributed by atoms with E-state index in [2.05, 4.69) is 5.32 Å². The minimum absolute atomic E-state index is 0.0902. The molecule has 122 valence electrons. The fraction of sp³-hybridized carbons (Fsp3) is 0.294. The van der Waals surface area contributed by atoms with Gasteiger partial charge < -0.3 is 15.2 Å². The van der Waals surface area contributed by atoms with Crippen LogP contribution in [0.5, 0.6) is 5.75 Å². The van der Waals surface area contributed by atoms with Crippen LogP contribution in [0.3, 0.4) is 0 Å². The van der Waals surface area contributed by atoms with E-state index in [1.54, 1.807) is 6.07 Å². The van der Waals surface area contributed by atoms with Crippen molar-refractivity contribution in [2.24, 2.45) is 0 Å². The molecule has 23 heavy (non-hydrogen) atoms. The number of anilines is 1. The molecule has 0 fully saturated rings. The largest absolute Gasteiger partial charge is 0.489 e. The van der Waals surface area contributed by atoms with E-state index in [4.69, 9.17) is 9.84 Å². The maximum absolute atomic E-state index is 12.4. The second-order valence-corrected chi connectivity index (χ2v) is 6.74. The molecule has 1 aromatic heterocycles. The lowest BCUT2D eigenvalue weighted by Gasteiger charge is -2.15. The molecule has 0 spiro atoms. The van der Waals surface area contributed by atoms with Crippen LogP contribution in [-0.2, 0) is 0 Å². The Morgan fingerprint density at radius 3 is 2.43 bits per heavy atom. The zero-order valence-electron chi connectivity index (χ0n) is 13.5. The molecule has 2 rings (SSSR count). The van der Waals surface area contributed by atoms with Crippen LogP contribution in [0, 0.1) is 13.8 Å². The summed E-state index contributed by atoms with van der Waals surface area (Å²) < 4.78 is 5.64. The summed E-state index contributed by atoms with van der Waals surface area (Å²) in [6.45, 7) is 7.63. The van der Waals surface area contributed by atoms with Gasteiger partial charge in [-0.15, -0.1) is 11.3 Å². The van der Waals surface area contributed by atoms with Crippen LogP contribution in [0.1, 0.15) is 44.3 Å². The van der Waals surface area contributed by atoms with Gasteiger partial charge in [0.15, 0.2) is 0 Å². The highest BCUT2D eigenvalue weighted by Gasteiger charge is 2.16. The van der Waals surface area contributed by atoms with Crippen molar-refractivity contribution >= 4 is 28.9 Å². The zero-order valence-corrected chi connectivity index (χ0v) is 14.3. The molecular weight excluding hydrogens is 314 g/mol. The number of carbonyl (C=O) groups is 2. The summed E-state index contributed by atoms with van der Waals surface area (Å²) in [6.07, 6.45) is -0.0902. The molecule has 2 N–H and O–H groups in total. The van der Waals surface area contributed by atoms with Crippen LogP contribution in [0.2, 0.25) is 0 Å². The monoisotopic (exact) mass is 333 g/mol. The average molecular weight is 333 g/mol. The minimum atomic E-state index is -1.06. The lowest BCUT2D eigenvalue weighted by atomic mass is 10.2. The Bertz CT molecular complexity index is 730. The Kier molecular flexibility index (Phi) is 5.05. The van der Waals surface area contributed by atoms with Crippen molar-refractivity contribution < 1.29 is 19.4 Å². The molecule has 0 atom stereocenters. The lowest BCUT2D eigenvalue weighted by molar-refractivity contribution is 0.0696. The highest BCUT2D eigenvalue weighted by molar-refractivity contribution is 7.14. The zero-order chi connectivity index (χ0) is 17.1. The number of benzene rings is 1. The lowest BCUT2D eigenvalue weighted by Crippen LogP contribution is -2.14. The number of thiophene rings is 1. The van der Waals surface area contributed by atoms with Gasteiger partial charge >= 0.3 is 5.97 Å². The van der Waals surface area contributed by atoms with Crippen molar-refractivity contribution in [3.05, 3.63) is 45.1 Å². The maximum atomic E-state index is 12.4. The fourth-order valence-corrected chi connectivity index (χ4v) is 2.92. The SMILES string of the molecule is Cc1cc(C(=O)Nc2cc(C(=O)O)ccc2OC(C)C)sc1C. The molecule has 1 amide bonds. The van der Waals surface area contributed by atoms with E-state index in [9.17, 15) is 9.59 Å². The van der Waals surface area contributed by atoms with Crippen LogP contribution in [0.4, 0.5) is 5.69 Å². The van der Waals surface area contributed by atoms with Gasteiger partial charge in [0.25, 0.3) is 5.91 Å². The van der Waals surface area contributed by atoms with E-state index in [0.717, 1.165) is 10.4 Å². The fourth-order valence-electron chi connectivity index (χ4n) is 1.99. The normalized spacial score (nSPS) is 10.7. The van der Waals surface area contributed by atoms with E-state index in [-0.39, 0.29) is 17.6 Å². The van der Waals surface area contributed by atoms with Gasteiger partial charge in [0.1, 0.15) is 5.75 Å². The Morgan fingerprint density at radius 2 is 1.91 bits per heavy atom. The van der Waals surface area contributed by atoms with Crippen molar-refractivity contribution in [1.82, 2.24) is 0 Å². The molecule has 0 radical (unpaired) electrons. The van der Waals surface area contributed by atoms with Gasteiger partial charge in [0.2, 0.25) is 0 Å². The molecule has 0 saturated carbocycles. The third-order valence-corrected chi connectivity index (χ3v) is 4.38. The van der Waals surface area contributed by atoms with Gasteiger partial charge in [-0.05, 0) is 57.5 Å². The molecule has 1 aromatic carbocycles. The Labute approximate surface area is 138 Å². The molecule has 2 aromatic rings. The van der Waals surface area contributed by atoms with E-state index < -0.39 is 5.97 Å². The van der Waals surface area contributed by atoms with Gasteiger partial charge in [-0.3, -0.25) is 4.79 Å². The Hall–Kier alpha value is -2.34. The van der Waals surface area contributed by atoms with Crippen molar-refractivity contribution in [1.29, 1.82) is 0 Å². The number of aryl methyl sites for hydroxylation is 2. The minimum Gasteiger partial charge on any atom is -0.489 e. The summed E-state index contributed by atoms with van der Waals surface area (Å²) in [4.78, 5) is 25.2. The first-order chi connectivity index (χ1) is 10.8. The molecule has 1 heterocycles. The van der Waals surface area contributed by atoms with Crippen LogP contribution in [-0.4, -0.2) is 23.1 Å². The van der Waals surface area contributed by atoms with E-state index in [1.165, 1.54) is 23.5 Å². The standard InChI is InChI=1S/C17H19NO4S/c1-9(2)22-14-6-5-12(17(20)21)8-13(14)18-16(19)15-7-10(3)11(4)23-15/h5-9H,1-4H3,(H,18,19)(H,20,21). The number of aromatic carboxylic acids is 1. The first kappa shape index (κ1) is 17.0. The highest BCUT2D eigenvalue weighted by Crippen LogP contribution is 2.29. The van der Waals surface area contributed by atoms with Crippen LogP contribution in [0.25, 0.3) is 0 Å². The Balaban J connectivity index is 2.33. The molecule has 0 saturated heterocycles. The van der Waals surface area contributed by atoms with Crippen LogP contribution >= 0.6 is 11.3 Å². The summed E-state index contributed by atoms with van der Waals surface area (Å²) in [5.41, 5.74) is 1.50. The van der Waals surface area contributed by atoms with Crippen LogP contribution in [0.15, 0.2) is 24.3 Å². The molecule has 0 aliphatic carbocycles. The maximum Gasteiger partial charge on any atom is 0.335 e. The van der Waals surface area contributed by atoms with Gasteiger partial charge in [0, 0.05) is 4.88 Å². The Morgan fingerprint density at radius 1 is 1.22 bits per heavy atom. The first-order valence-electron chi connectivity index (χ1n) is 7.20. The predicted octanol–water partition coefficient (Wildman–Crippen LogP) is 4.10. The average Bonchev–Trinajstić information content (AvgIpc) is 2.80. The summed E-state index contributed by atoms with van der Waals surface area (Å²) in [5, 5.41) is 11.9. The van der Waals surface area contributed by atoms with Gasteiger partial charge in [-0.25, -0.2) is 4.79 Å². The molecule has 5 nitrogen and oxygen atoms in total. The second-order valence-electron chi connectivity index (χ2n) is 5.49. The number of carboxylic acids is 1. The quantitative estimate of drug-likeness (QED) is 0.863. The van der Waals surface area contributed by atoms with Gasteiger partial charge in [-0.1, -0.05) is 0 Å². The molecular formula is C17H19NO4S. The van der Waals surface area contributed by atoms with E-state index >= 15 is 0 Å². The molecule has 0 bridgehead atoms. The van der Waals surface area contributed by atoms with Gasteiger partial charge in [0.05, 0.1) is 22.2 Å². The smallest absolute Gasteiger partial charge is 0.335 e. The number of carbonyl (C=O) groups excluding carboxylic acids is 1. The summed E-state index contributed by atoms with van der Waals surface area (Å²) >= 11 is 1.40. The third kappa shape index (κ3) is 4.10. The number of carboxylic acid groups (broad SMARTS) is 1. The van der Waals surface area contributed by atoms with E-state index in [1.807, 2.05) is 33.8 Å². The number of amides is 1. The van der Waals surface area contributed by atoms with Crippen LogP contribution < -0.4 is 10.1 Å². The topological polar surface area (TPSA) is 75.6 Å². The summed E-state index contributed by atoms with van der Waals surface area (Å²) in [5.74, 6) is -0.884. The third-order valence-electron chi connectivity index (χ3n) is 3.23. The first-order valence-corrected chi connectivity index (χ1v) is 8.02. The molecule has 0 unspecified atom stereocenters. The van der Waals surface area contributed by atoms with Gasteiger partial charge in [-0.2, -0.15) is 0 Å². The highest BCUT2D eigenvalue weighted by atomic mass is 32.1. The van der Waals surface area contributed by atoms with Crippen molar-refractivity contribution in [2.45, 2.75) is 33.8 Å². The number of hydrogen-bond acceptors (Lipinski definition) is 4. The van der Waals surface area contributed by atoms with Crippen molar-refractivity contribution in [2.75, 3.05) is 5.32 Å². The molecule has 6 heteroatoms. The summed E-state index contributed by atoms with van der Waals surface area (Å²) in [6, 6.07) is 6.24. The van der Waals surface area contributed by atoms with Crippen molar-refractivity contribution in [3.8, 4) is 5.75 Å². The number of ether oxygens (including phenoxy) is 1. The second kappa shape index (κ2) is 6.83. The molecule has 0 aliphatic heterocycles. The van der Waals surface area contributed by atoms with E-state index in [0.29, 0.717) is 16.3 Å². The number of nitrogens with one attached hydrogen (secondary N) is 1. The summed E-state index contributed by atoms with van der Waals surface area (Å²) in [7, 11) is 0. The number of rotatable bonds is 5. The molecule has 0 aliphatic rings. The van der Waals surface area contributed by atoms with Crippen molar-refractivity contribution in [3.63, 3.8) is 0 Å².